The summed E-state index contributed by atoms with van der Waals surface area (Å²) < 4.78 is 15.8. The highest BCUT2D eigenvalue weighted by Crippen LogP contribution is 2.23. The minimum Gasteiger partial charge on any atom is -0.479 e. The van der Waals surface area contributed by atoms with Crippen molar-refractivity contribution >= 4 is 16.9 Å². The van der Waals surface area contributed by atoms with Crippen LogP contribution >= 0.6 is 0 Å². The Bertz CT molecular complexity index is 714. The number of ether oxygens (including phenoxy) is 2. The van der Waals surface area contributed by atoms with Crippen LogP contribution in [0.25, 0.3) is 11.0 Å². The smallest absolute Gasteiger partial charge is 0.347 e. The zero-order valence-electron chi connectivity index (χ0n) is 12.5. The number of benzene rings is 1. The largest absolute Gasteiger partial charge is 0.479 e. The van der Waals surface area contributed by atoms with E-state index in [0.29, 0.717) is 11.3 Å². The predicted molar refractivity (Wildman–Crippen MR) is 78.5 cm³/mol. The minimum atomic E-state index is -0.708. The van der Waals surface area contributed by atoms with E-state index in [0.717, 1.165) is 10.9 Å². The molecular weight excluding hydrogens is 272 g/mol. The van der Waals surface area contributed by atoms with Crippen molar-refractivity contribution in [2.45, 2.75) is 39.9 Å². The maximum atomic E-state index is 11.7. The molecule has 0 fully saturated rings. The zero-order valence-corrected chi connectivity index (χ0v) is 12.5. The number of carbonyl (C=O) groups is 1. The Kier molecular flexibility index (Phi) is 4.31. The van der Waals surface area contributed by atoms with Gasteiger partial charge >= 0.3 is 11.6 Å². The molecule has 0 radical (unpaired) electrons. The average molecular weight is 290 g/mol. The van der Waals surface area contributed by atoms with Crippen LogP contribution in [0, 0.1) is 6.92 Å². The third-order valence-corrected chi connectivity index (χ3v) is 2.92. The van der Waals surface area contributed by atoms with Gasteiger partial charge < -0.3 is 13.9 Å². The van der Waals surface area contributed by atoms with Crippen molar-refractivity contribution in [1.82, 2.24) is 0 Å². The van der Waals surface area contributed by atoms with Crippen LogP contribution in [0.1, 0.15) is 26.3 Å². The molecule has 0 saturated carbocycles. The second kappa shape index (κ2) is 5.99. The third kappa shape index (κ3) is 3.62. The van der Waals surface area contributed by atoms with Gasteiger partial charge in [0.2, 0.25) is 0 Å². The second-order valence-electron chi connectivity index (χ2n) is 5.15. The van der Waals surface area contributed by atoms with Crippen LogP contribution in [0.2, 0.25) is 0 Å². The van der Waals surface area contributed by atoms with Crippen molar-refractivity contribution in [2.75, 3.05) is 0 Å². The molecule has 1 heterocycles. The van der Waals surface area contributed by atoms with Gasteiger partial charge in [0.25, 0.3) is 0 Å². The van der Waals surface area contributed by atoms with E-state index in [1.165, 1.54) is 6.07 Å². The Balaban J connectivity index is 2.23. The van der Waals surface area contributed by atoms with Crippen molar-refractivity contribution < 1.29 is 18.7 Å². The first-order valence-corrected chi connectivity index (χ1v) is 6.78. The molecule has 0 aliphatic rings. The Morgan fingerprint density at radius 1 is 1.19 bits per heavy atom. The molecule has 0 aliphatic heterocycles. The number of aryl methyl sites for hydroxylation is 1. The van der Waals surface area contributed by atoms with Crippen molar-refractivity contribution in [1.29, 1.82) is 0 Å². The van der Waals surface area contributed by atoms with Crippen LogP contribution in [-0.4, -0.2) is 18.2 Å². The lowest BCUT2D eigenvalue weighted by Crippen LogP contribution is -2.28. The fourth-order valence-corrected chi connectivity index (χ4v) is 1.95. The summed E-state index contributed by atoms with van der Waals surface area (Å²) in [5.41, 5.74) is 0.899. The van der Waals surface area contributed by atoms with Gasteiger partial charge in [-0.05, 0) is 51.5 Å². The van der Waals surface area contributed by atoms with Gasteiger partial charge in [-0.1, -0.05) is 0 Å². The zero-order chi connectivity index (χ0) is 15.6. The van der Waals surface area contributed by atoms with E-state index >= 15 is 0 Å². The van der Waals surface area contributed by atoms with Crippen LogP contribution in [0.5, 0.6) is 5.75 Å². The van der Waals surface area contributed by atoms with Gasteiger partial charge in [-0.25, -0.2) is 9.59 Å². The lowest BCUT2D eigenvalue weighted by atomic mass is 10.1. The topological polar surface area (TPSA) is 65.7 Å². The third-order valence-electron chi connectivity index (χ3n) is 2.92. The summed E-state index contributed by atoms with van der Waals surface area (Å²) in [6, 6.07) is 6.47. The van der Waals surface area contributed by atoms with Crippen LogP contribution in [0.4, 0.5) is 0 Å². The first kappa shape index (κ1) is 15.1. The molecule has 2 aromatic rings. The highest BCUT2D eigenvalue weighted by atomic mass is 16.6. The summed E-state index contributed by atoms with van der Waals surface area (Å²) in [7, 11) is 0. The molecule has 0 bridgehead atoms. The molecule has 0 N–H and O–H groups in total. The fourth-order valence-electron chi connectivity index (χ4n) is 1.95. The van der Waals surface area contributed by atoms with Gasteiger partial charge in [-0.3, -0.25) is 0 Å². The summed E-state index contributed by atoms with van der Waals surface area (Å²) in [6.45, 7) is 7.02. The molecule has 5 nitrogen and oxygen atoms in total. The normalized spacial score (nSPS) is 12.4. The summed E-state index contributed by atoms with van der Waals surface area (Å²) >= 11 is 0. The van der Waals surface area contributed by atoms with Crippen LogP contribution in [0.3, 0.4) is 0 Å². The Morgan fingerprint density at radius 3 is 2.57 bits per heavy atom. The first-order valence-electron chi connectivity index (χ1n) is 6.78. The fraction of sp³-hybridized carbons (Fsp3) is 0.375. The maximum Gasteiger partial charge on any atom is 0.347 e. The molecule has 0 saturated heterocycles. The molecule has 112 valence electrons. The summed E-state index contributed by atoms with van der Waals surface area (Å²) in [5, 5.41) is 0.775. The van der Waals surface area contributed by atoms with Gasteiger partial charge in [0.1, 0.15) is 11.3 Å². The minimum absolute atomic E-state index is 0.184. The summed E-state index contributed by atoms with van der Waals surface area (Å²) in [4.78, 5) is 23.0. The molecule has 0 aliphatic carbocycles. The molecular formula is C16H18O5. The van der Waals surface area contributed by atoms with E-state index in [1.54, 1.807) is 39.0 Å². The number of hydrogen-bond acceptors (Lipinski definition) is 5. The van der Waals surface area contributed by atoms with E-state index in [9.17, 15) is 9.59 Å². The molecule has 2 rings (SSSR count). The van der Waals surface area contributed by atoms with Crippen LogP contribution in [-0.2, 0) is 9.53 Å². The number of fused-ring (bicyclic) bond motifs is 1. The predicted octanol–water partition coefficient (Wildman–Crippen LogP) is 2.82. The molecule has 0 spiro atoms. The molecule has 0 amide bonds. The first-order chi connectivity index (χ1) is 9.86. The number of hydrogen-bond donors (Lipinski definition) is 0. The average Bonchev–Trinajstić information content (AvgIpc) is 2.38. The quantitative estimate of drug-likeness (QED) is 0.640. The van der Waals surface area contributed by atoms with Crippen LogP contribution < -0.4 is 10.4 Å². The van der Waals surface area contributed by atoms with E-state index in [4.69, 9.17) is 13.9 Å². The number of esters is 1. The lowest BCUT2D eigenvalue weighted by molar-refractivity contribution is -0.154. The van der Waals surface area contributed by atoms with Crippen molar-refractivity contribution in [2.24, 2.45) is 0 Å². The second-order valence-corrected chi connectivity index (χ2v) is 5.15. The lowest BCUT2D eigenvalue weighted by Gasteiger charge is -2.16. The Morgan fingerprint density at radius 2 is 1.90 bits per heavy atom. The molecule has 1 unspecified atom stereocenters. The summed E-state index contributed by atoms with van der Waals surface area (Å²) in [5.74, 6) is 0.106. The monoisotopic (exact) mass is 290 g/mol. The molecule has 1 aromatic heterocycles. The van der Waals surface area contributed by atoms with Gasteiger partial charge in [-0.15, -0.1) is 0 Å². The van der Waals surface area contributed by atoms with E-state index in [-0.39, 0.29) is 11.7 Å². The van der Waals surface area contributed by atoms with Gasteiger partial charge in [0.05, 0.1) is 6.10 Å². The number of carbonyl (C=O) groups excluding carboxylic acids is 1. The van der Waals surface area contributed by atoms with E-state index < -0.39 is 12.1 Å². The maximum absolute atomic E-state index is 11.7. The van der Waals surface area contributed by atoms with Crippen molar-refractivity contribution in [3.63, 3.8) is 0 Å². The molecule has 1 atom stereocenters. The standard InChI is InChI=1S/C16H18O5/c1-9(2)19-16(18)11(4)20-12-5-6-14-13(8-12)10(3)7-15(17)21-14/h5-9,11H,1-4H3. The van der Waals surface area contributed by atoms with Crippen LogP contribution in [0.15, 0.2) is 33.5 Å². The van der Waals surface area contributed by atoms with Gasteiger partial charge in [0.15, 0.2) is 6.10 Å². The Labute approximate surface area is 122 Å². The number of rotatable bonds is 4. The highest BCUT2D eigenvalue weighted by Gasteiger charge is 2.18. The van der Waals surface area contributed by atoms with E-state index in [1.807, 2.05) is 6.92 Å². The molecule has 21 heavy (non-hydrogen) atoms. The van der Waals surface area contributed by atoms with Gasteiger partial charge in [0, 0.05) is 11.5 Å². The van der Waals surface area contributed by atoms with Crippen molar-refractivity contribution in [3.05, 3.63) is 40.2 Å². The highest BCUT2D eigenvalue weighted by molar-refractivity contribution is 5.81. The molecule has 1 aromatic carbocycles. The van der Waals surface area contributed by atoms with E-state index in [2.05, 4.69) is 0 Å². The van der Waals surface area contributed by atoms with Gasteiger partial charge in [-0.2, -0.15) is 0 Å². The SMILES string of the molecule is Cc1cc(=O)oc2ccc(OC(C)C(=O)OC(C)C)cc12. The van der Waals surface area contributed by atoms with Crippen molar-refractivity contribution in [3.8, 4) is 5.75 Å². The molecule has 5 heteroatoms. The summed E-state index contributed by atoms with van der Waals surface area (Å²) in [6.07, 6.45) is -0.891. The Hall–Kier alpha value is -2.30.